The Morgan fingerprint density at radius 1 is 1.15 bits per heavy atom. The molecule has 4 heteroatoms. The Morgan fingerprint density at radius 2 is 1.75 bits per heavy atom. The van der Waals surface area contributed by atoms with Crippen molar-refractivity contribution in [1.29, 1.82) is 0 Å². The lowest BCUT2D eigenvalue weighted by atomic mass is 9.79. The molecule has 1 aromatic carbocycles. The molecule has 108 valence electrons. The van der Waals surface area contributed by atoms with E-state index in [0.717, 1.165) is 31.4 Å². The van der Waals surface area contributed by atoms with Crippen molar-refractivity contribution in [3.63, 3.8) is 0 Å². The lowest BCUT2D eigenvalue weighted by Crippen LogP contribution is -2.23. The lowest BCUT2D eigenvalue weighted by molar-refractivity contribution is -0.122. The van der Waals surface area contributed by atoms with Gasteiger partial charge < -0.3 is 5.32 Å². The molecule has 0 spiro atoms. The van der Waals surface area contributed by atoms with Crippen molar-refractivity contribution in [3.8, 4) is 0 Å². The Kier molecular flexibility index (Phi) is 5.18. The standard InChI is InChI=1S/C16H20ClNO2/c1-11(19)13-4-2-12(3-5-13)10-16(20)18-15-8-6-14(17)7-9-15/h6-9,12-13H,2-5,10H2,1H3,(H,18,20)/t12-,13+. The van der Waals surface area contributed by atoms with Crippen molar-refractivity contribution in [1.82, 2.24) is 0 Å². The van der Waals surface area contributed by atoms with Crippen LogP contribution in [0.4, 0.5) is 5.69 Å². The molecule has 1 aromatic rings. The van der Waals surface area contributed by atoms with Crippen molar-refractivity contribution in [2.24, 2.45) is 11.8 Å². The van der Waals surface area contributed by atoms with Crippen LogP contribution in [-0.2, 0) is 9.59 Å². The van der Waals surface area contributed by atoms with Crippen LogP contribution in [-0.4, -0.2) is 11.7 Å². The minimum Gasteiger partial charge on any atom is -0.326 e. The van der Waals surface area contributed by atoms with Crippen LogP contribution in [0.2, 0.25) is 5.02 Å². The average Bonchev–Trinajstić information content (AvgIpc) is 2.42. The monoisotopic (exact) mass is 293 g/mol. The molecule has 20 heavy (non-hydrogen) atoms. The predicted molar refractivity (Wildman–Crippen MR) is 80.8 cm³/mol. The minimum absolute atomic E-state index is 0.0404. The minimum atomic E-state index is 0.0404. The number of carbonyl (C=O) groups is 2. The van der Waals surface area contributed by atoms with E-state index in [1.807, 2.05) is 0 Å². The highest BCUT2D eigenvalue weighted by atomic mass is 35.5. The number of ketones is 1. The highest BCUT2D eigenvalue weighted by Gasteiger charge is 2.25. The molecule has 0 saturated heterocycles. The Balaban J connectivity index is 1.78. The van der Waals surface area contributed by atoms with Gasteiger partial charge in [-0.2, -0.15) is 0 Å². The van der Waals surface area contributed by atoms with E-state index in [1.54, 1.807) is 31.2 Å². The molecule has 0 unspecified atom stereocenters. The highest BCUT2D eigenvalue weighted by Crippen LogP contribution is 2.31. The van der Waals surface area contributed by atoms with E-state index in [2.05, 4.69) is 5.32 Å². The zero-order chi connectivity index (χ0) is 14.5. The maximum Gasteiger partial charge on any atom is 0.224 e. The topological polar surface area (TPSA) is 46.2 Å². The first-order chi connectivity index (χ1) is 9.54. The van der Waals surface area contributed by atoms with Gasteiger partial charge in [-0.05, 0) is 62.8 Å². The predicted octanol–water partition coefficient (Wildman–Crippen LogP) is 4.06. The van der Waals surface area contributed by atoms with Gasteiger partial charge >= 0.3 is 0 Å². The van der Waals surface area contributed by atoms with Gasteiger partial charge in [0.25, 0.3) is 0 Å². The maximum absolute atomic E-state index is 12.0. The van der Waals surface area contributed by atoms with E-state index in [-0.39, 0.29) is 17.6 Å². The van der Waals surface area contributed by atoms with Crippen LogP contribution in [0, 0.1) is 11.8 Å². The molecule has 2 rings (SSSR count). The summed E-state index contributed by atoms with van der Waals surface area (Å²) in [5, 5.41) is 3.54. The van der Waals surface area contributed by atoms with Crippen molar-refractivity contribution < 1.29 is 9.59 Å². The Hall–Kier alpha value is -1.35. The summed E-state index contributed by atoms with van der Waals surface area (Å²) in [6.45, 7) is 1.66. The average molecular weight is 294 g/mol. The first kappa shape index (κ1) is 15.0. The zero-order valence-electron chi connectivity index (χ0n) is 11.7. The maximum atomic E-state index is 12.0. The first-order valence-electron chi connectivity index (χ1n) is 7.10. The number of halogens is 1. The number of hydrogen-bond acceptors (Lipinski definition) is 2. The van der Waals surface area contributed by atoms with Crippen LogP contribution in [0.1, 0.15) is 39.0 Å². The fraction of sp³-hybridized carbons (Fsp3) is 0.500. The van der Waals surface area contributed by atoms with Gasteiger partial charge in [0.05, 0.1) is 0 Å². The summed E-state index contributed by atoms with van der Waals surface area (Å²) in [6, 6.07) is 7.12. The molecule has 1 amide bonds. The van der Waals surface area contributed by atoms with Crippen molar-refractivity contribution >= 4 is 29.0 Å². The van der Waals surface area contributed by atoms with E-state index in [0.29, 0.717) is 17.4 Å². The number of nitrogens with one attached hydrogen (secondary N) is 1. The number of amides is 1. The smallest absolute Gasteiger partial charge is 0.224 e. The molecular weight excluding hydrogens is 274 g/mol. The third-order valence-corrected chi connectivity index (χ3v) is 4.28. The molecule has 0 aromatic heterocycles. The Bertz CT molecular complexity index is 476. The second kappa shape index (κ2) is 6.89. The molecule has 3 nitrogen and oxygen atoms in total. The molecule has 1 aliphatic rings. The summed E-state index contributed by atoms with van der Waals surface area (Å²) in [4.78, 5) is 23.3. The fourth-order valence-corrected chi connectivity index (χ4v) is 2.91. The van der Waals surface area contributed by atoms with Gasteiger partial charge in [0, 0.05) is 23.0 Å². The van der Waals surface area contributed by atoms with Crippen molar-refractivity contribution in [2.45, 2.75) is 39.0 Å². The molecule has 1 fully saturated rings. The van der Waals surface area contributed by atoms with Crippen LogP contribution in [0.25, 0.3) is 0 Å². The van der Waals surface area contributed by atoms with Gasteiger partial charge in [-0.3, -0.25) is 9.59 Å². The third-order valence-electron chi connectivity index (χ3n) is 4.02. The first-order valence-corrected chi connectivity index (χ1v) is 7.48. The fourth-order valence-electron chi connectivity index (χ4n) is 2.78. The van der Waals surface area contributed by atoms with Crippen LogP contribution >= 0.6 is 11.6 Å². The van der Waals surface area contributed by atoms with Gasteiger partial charge in [0.1, 0.15) is 5.78 Å². The van der Waals surface area contributed by atoms with Gasteiger partial charge in [-0.1, -0.05) is 11.6 Å². The SMILES string of the molecule is CC(=O)[C@H]1CC[C@@H](CC(=O)Nc2ccc(Cl)cc2)CC1. The summed E-state index contributed by atoms with van der Waals surface area (Å²) < 4.78 is 0. The summed E-state index contributed by atoms with van der Waals surface area (Å²) >= 11 is 5.80. The van der Waals surface area contributed by atoms with Gasteiger partial charge in [0.2, 0.25) is 5.91 Å². The largest absolute Gasteiger partial charge is 0.326 e. The zero-order valence-corrected chi connectivity index (χ0v) is 12.5. The van der Waals surface area contributed by atoms with Crippen LogP contribution in [0.3, 0.4) is 0 Å². The van der Waals surface area contributed by atoms with Crippen molar-refractivity contribution in [3.05, 3.63) is 29.3 Å². The third kappa shape index (κ3) is 4.34. The van der Waals surface area contributed by atoms with E-state index in [9.17, 15) is 9.59 Å². The van der Waals surface area contributed by atoms with Gasteiger partial charge in [-0.25, -0.2) is 0 Å². The quantitative estimate of drug-likeness (QED) is 0.910. The Labute approximate surface area is 124 Å². The molecule has 0 bridgehead atoms. The molecule has 0 radical (unpaired) electrons. The number of rotatable bonds is 4. The summed E-state index contributed by atoms with van der Waals surface area (Å²) in [5.74, 6) is 0.941. The highest BCUT2D eigenvalue weighted by molar-refractivity contribution is 6.30. The molecular formula is C16H20ClNO2. The number of benzene rings is 1. The molecule has 1 saturated carbocycles. The number of hydrogen-bond donors (Lipinski definition) is 1. The van der Waals surface area contributed by atoms with Crippen LogP contribution in [0.5, 0.6) is 0 Å². The summed E-state index contributed by atoms with van der Waals surface area (Å²) in [7, 11) is 0. The lowest BCUT2D eigenvalue weighted by Gasteiger charge is -2.26. The molecule has 1 aliphatic carbocycles. The normalized spacial score (nSPS) is 22.3. The van der Waals surface area contributed by atoms with E-state index in [1.165, 1.54) is 0 Å². The van der Waals surface area contributed by atoms with Crippen molar-refractivity contribution in [2.75, 3.05) is 5.32 Å². The number of carbonyl (C=O) groups excluding carboxylic acids is 2. The van der Waals surface area contributed by atoms with Gasteiger partial charge in [-0.15, -0.1) is 0 Å². The van der Waals surface area contributed by atoms with Crippen LogP contribution in [0.15, 0.2) is 24.3 Å². The molecule has 0 aliphatic heterocycles. The molecule has 0 heterocycles. The molecule has 1 N–H and O–H groups in total. The molecule has 0 atom stereocenters. The second-order valence-electron chi connectivity index (χ2n) is 5.59. The Morgan fingerprint density at radius 3 is 2.30 bits per heavy atom. The number of Topliss-reactive ketones (excluding diaryl/α,β-unsaturated/α-hetero) is 1. The second-order valence-corrected chi connectivity index (χ2v) is 6.02. The van der Waals surface area contributed by atoms with E-state index >= 15 is 0 Å². The van der Waals surface area contributed by atoms with Crippen LogP contribution < -0.4 is 5.32 Å². The van der Waals surface area contributed by atoms with E-state index in [4.69, 9.17) is 11.6 Å². The number of anilines is 1. The summed E-state index contributed by atoms with van der Waals surface area (Å²) in [5.41, 5.74) is 0.775. The summed E-state index contributed by atoms with van der Waals surface area (Å²) in [6.07, 6.45) is 4.33. The van der Waals surface area contributed by atoms with Gasteiger partial charge in [0.15, 0.2) is 0 Å². The van der Waals surface area contributed by atoms with E-state index < -0.39 is 0 Å².